The number of carbonyl (C=O) groups excluding carboxylic acids is 2. The molecule has 0 spiro atoms. The van der Waals surface area contributed by atoms with Crippen LogP contribution in [0.2, 0.25) is 0 Å². The molecule has 2 heterocycles. The number of anilines is 1. The number of methoxy groups -OCH3 is 1. The molecular weight excluding hydrogens is 318 g/mol. The third kappa shape index (κ3) is 3.48. The summed E-state index contributed by atoms with van der Waals surface area (Å²) in [5.41, 5.74) is 0.797. The van der Waals surface area contributed by atoms with Crippen LogP contribution in [-0.4, -0.2) is 28.8 Å². The van der Waals surface area contributed by atoms with Gasteiger partial charge in [-0.05, 0) is 30.4 Å². The Balaban J connectivity index is 1.73. The molecule has 1 aliphatic rings. The van der Waals surface area contributed by atoms with Crippen molar-refractivity contribution in [3.05, 3.63) is 45.2 Å². The first-order chi connectivity index (χ1) is 11.1. The molecule has 3 rings (SSSR count). The van der Waals surface area contributed by atoms with Crippen molar-refractivity contribution in [3.8, 4) is 0 Å². The molecular formula is C15H15N3O4S. The number of nitrogens with one attached hydrogen (secondary N) is 1. The summed E-state index contributed by atoms with van der Waals surface area (Å²) in [4.78, 5) is 35.5. The van der Waals surface area contributed by atoms with Gasteiger partial charge in [0.2, 0.25) is 5.91 Å². The van der Waals surface area contributed by atoms with E-state index in [0.29, 0.717) is 10.9 Å². The third-order valence-electron chi connectivity index (χ3n) is 3.50. The highest BCUT2D eigenvalue weighted by atomic mass is 32.1. The lowest BCUT2D eigenvalue weighted by atomic mass is 10.3. The van der Waals surface area contributed by atoms with Crippen LogP contribution in [0.3, 0.4) is 0 Å². The number of amides is 1. The maximum absolute atomic E-state index is 12.1. The minimum atomic E-state index is -0.521. The molecule has 8 heteroatoms. The molecule has 2 aromatic heterocycles. The van der Waals surface area contributed by atoms with Crippen LogP contribution in [0.5, 0.6) is 0 Å². The largest absolute Gasteiger partial charge is 0.465 e. The number of carbonyl (C=O) groups is 2. The predicted octanol–water partition coefficient (Wildman–Crippen LogP) is 1.61. The van der Waals surface area contributed by atoms with Gasteiger partial charge in [0.25, 0.3) is 5.56 Å². The van der Waals surface area contributed by atoms with Gasteiger partial charge in [-0.3, -0.25) is 9.59 Å². The molecule has 0 unspecified atom stereocenters. The molecule has 1 amide bonds. The Morgan fingerprint density at radius 1 is 1.39 bits per heavy atom. The summed E-state index contributed by atoms with van der Waals surface area (Å²) in [6.45, 7) is -0.197. The molecule has 0 atom stereocenters. The van der Waals surface area contributed by atoms with Gasteiger partial charge in [-0.1, -0.05) is 0 Å². The van der Waals surface area contributed by atoms with Crippen LogP contribution in [0, 0.1) is 0 Å². The third-order valence-corrected chi connectivity index (χ3v) is 4.33. The molecule has 120 valence electrons. The Kier molecular flexibility index (Phi) is 4.24. The van der Waals surface area contributed by atoms with Crippen molar-refractivity contribution in [1.29, 1.82) is 0 Å². The normalized spacial score (nSPS) is 13.6. The molecule has 7 nitrogen and oxygen atoms in total. The first-order valence-electron chi connectivity index (χ1n) is 7.12. The van der Waals surface area contributed by atoms with E-state index in [1.807, 2.05) is 0 Å². The molecule has 1 N–H and O–H groups in total. The van der Waals surface area contributed by atoms with Gasteiger partial charge in [0.05, 0.1) is 18.4 Å². The maximum Gasteiger partial charge on any atom is 0.340 e. The van der Waals surface area contributed by atoms with E-state index in [1.54, 1.807) is 17.5 Å². The number of aromatic nitrogens is 2. The van der Waals surface area contributed by atoms with Gasteiger partial charge < -0.3 is 10.1 Å². The first-order valence-corrected chi connectivity index (χ1v) is 8.00. The average Bonchev–Trinajstić information content (AvgIpc) is 3.29. The minimum absolute atomic E-state index is 0.197. The second-order valence-corrected chi connectivity index (χ2v) is 6.15. The average molecular weight is 333 g/mol. The topological polar surface area (TPSA) is 90.3 Å². The Morgan fingerprint density at radius 3 is 2.87 bits per heavy atom. The maximum atomic E-state index is 12.1. The van der Waals surface area contributed by atoms with E-state index in [9.17, 15) is 14.4 Å². The van der Waals surface area contributed by atoms with Crippen molar-refractivity contribution in [2.24, 2.45) is 0 Å². The van der Waals surface area contributed by atoms with E-state index in [-0.39, 0.29) is 17.7 Å². The van der Waals surface area contributed by atoms with Gasteiger partial charge in [-0.25, -0.2) is 9.48 Å². The summed E-state index contributed by atoms with van der Waals surface area (Å²) in [5, 5.41) is 8.93. The first kappa shape index (κ1) is 15.4. The molecule has 0 saturated heterocycles. The lowest BCUT2D eigenvalue weighted by Crippen LogP contribution is -2.29. The molecule has 0 radical (unpaired) electrons. The Labute approximate surface area is 135 Å². The molecule has 0 aromatic carbocycles. The zero-order valence-corrected chi connectivity index (χ0v) is 13.3. The Bertz CT molecular complexity index is 807. The van der Waals surface area contributed by atoms with E-state index < -0.39 is 11.9 Å². The number of nitrogens with zero attached hydrogens (tertiary/aromatic N) is 2. The molecule has 0 aliphatic heterocycles. The van der Waals surface area contributed by atoms with Crippen LogP contribution >= 0.6 is 11.3 Å². The summed E-state index contributed by atoms with van der Waals surface area (Å²) in [7, 11) is 1.28. The standard InChI is InChI=1S/C15H15N3O4S/c1-22-15(21)10-6-7-23-14(10)16-12(19)8-18-13(20)5-4-11(17-18)9-2-3-9/h4-7,9H,2-3,8H2,1H3,(H,16,19). The van der Waals surface area contributed by atoms with Crippen LogP contribution in [-0.2, 0) is 16.1 Å². The second kappa shape index (κ2) is 6.33. The summed E-state index contributed by atoms with van der Waals surface area (Å²) in [5.74, 6) is -0.541. The summed E-state index contributed by atoms with van der Waals surface area (Å²) in [6.07, 6.45) is 2.13. The van der Waals surface area contributed by atoms with Gasteiger partial charge >= 0.3 is 5.97 Å². The fourth-order valence-electron chi connectivity index (χ4n) is 2.15. The summed E-state index contributed by atoms with van der Waals surface area (Å²) in [6, 6.07) is 4.71. The number of esters is 1. The zero-order valence-electron chi connectivity index (χ0n) is 12.4. The lowest BCUT2D eigenvalue weighted by Gasteiger charge is -2.08. The highest BCUT2D eigenvalue weighted by molar-refractivity contribution is 7.14. The molecule has 1 fully saturated rings. The number of ether oxygens (including phenoxy) is 1. The van der Waals surface area contributed by atoms with E-state index in [0.717, 1.165) is 23.2 Å². The highest BCUT2D eigenvalue weighted by Gasteiger charge is 2.25. The van der Waals surface area contributed by atoms with Crippen molar-refractivity contribution in [2.45, 2.75) is 25.3 Å². The highest BCUT2D eigenvalue weighted by Crippen LogP contribution is 2.38. The number of hydrogen-bond acceptors (Lipinski definition) is 6. The van der Waals surface area contributed by atoms with Gasteiger partial charge in [-0.15, -0.1) is 11.3 Å². The van der Waals surface area contributed by atoms with Gasteiger partial charge in [0.15, 0.2) is 0 Å². The van der Waals surface area contributed by atoms with Crippen LogP contribution < -0.4 is 10.9 Å². The van der Waals surface area contributed by atoms with Gasteiger partial charge in [-0.2, -0.15) is 5.10 Å². The van der Waals surface area contributed by atoms with E-state index in [2.05, 4.69) is 15.2 Å². The van der Waals surface area contributed by atoms with Crippen LogP contribution in [0.25, 0.3) is 0 Å². The predicted molar refractivity (Wildman–Crippen MR) is 84.8 cm³/mol. The molecule has 0 bridgehead atoms. The lowest BCUT2D eigenvalue weighted by molar-refractivity contribution is -0.117. The van der Waals surface area contributed by atoms with E-state index in [1.165, 1.54) is 24.5 Å². The SMILES string of the molecule is COC(=O)c1ccsc1NC(=O)Cn1nc(C2CC2)ccc1=O. The van der Waals surface area contributed by atoms with Gasteiger partial charge in [0.1, 0.15) is 11.5 Å². The quantitative estimate of drug-likeness (QED) is 0.840. The summed E-state index contributed by atoms with van der Waals surface area (Å²) >= 11 is 1.21. The summed E-state index contributed by atoms with van der Waals surface area (Å²) < 4.78 is 5.80. The number of rotatable bonds is 5. The van der Waals surface area contributed by atoms with Gasteiger partial charge in [0, 0.05) is 12.0 Å². The van der Waals surface area contributed by atoms with Crippen LogP contribution in [0.15, 0.2) is 28.4 Å². The zero-order chi connectivity index (χ0) is 16.4. The van der Waals surface area contributed by atoms with E-state index in [4.69, 9.17) is 0 Å². The second-order valence-electron chi connectivity index (χ2n) is 5.23. The Hall–Kier alpha value is -2.48. The van der Waals surface area contributed by atoms with Crippen molar-refractivity contribution >= 4 is 28.2 Å². The fourth-order valence-corrected chi connectivity index (χ4v) is 2.95. The fraction of sp³-hybridized carbons (Fsp3) is 0.333. The van der Waals surface area contributed by atoms with Crippen molar-refractivity contribution in [1.82, 2.24) is 9.78 Å². The van der Waals surface area contributed by atoms with Crippen molar-refractivity contribution in [3.63, 3.8) is 0 Å². The van der Waals surface area contributed by atoms with Crippen LogP contribution in [0.4, 0.5) is 5.00 Å². The molecule has 1 aliphatic carbocycles. The Morgan fingerprint density at radius 2 is 2.17 bits per heavy atom. The van der Waals surface area contributed by atoms with Crippen LogP contribution in [0.1, 0.15) is 34.8 Å². The number of hydrogen-bond donors (Lipinski definition) is 1. The smallest absolute Gasteiger partial charge is 0.340 e. The monoisotopic (exact) mass is 333 g/mol. The minimum Gasteiger partial charge on any atom is -0.465 e. The molecule has 23 heavy (non-hydrogen) atoms. The number of thiophene rings is 1. The van der Waals surface area contributed by atoms with Crippen molar-refractivity contribution < 1.29 is 14.3 Å². The molecule has 2 aromatic rings. The van der Waals surface area contributed by atoms with E-state index >= 15 is 0 Å². The molecule has 1 saturated carbocycles. The van der Waals surface area contributed by atoms with Crippen molar-refractivity contribution in [2.75, 3.05) is 12.4 Å².